The summed E-state index contributed by atoms with van der Waals surface area (Å²) in [5.41, 5.74) is 2.66. The number of nitrogens with one attached hydrogen (secondary N) is 1. The summed E-state index contributed by atoms with van der Waals surface area (Å²) >= 11 is 15.6. The zero-order valence-electron chi connectivity index (χ0n) is 15.9. The van der Waals surface area contributed by atoms with Gasteiger partial charge >= 0.3 is 5.97 Å². The third-order valence-electron chi connectivity index (χ3n) is 4.26. The molecule has 0 fully saturated rings. The lowest BCUT2D eigenvalue weighted by Crippen LogP contribution is -2.04. The number of halogens is 3. The monoisotopic (exact) mass is 509 g/mol. The first kappa shape index (κ1) is 22.3. The van der Waals surface area contributed by atoms with E-state index in [4.69, 9.17) is 37.8 Å². The van der Waals surface area contributed by atoms with Gasteiger partial charge in [-0.2, -0.15) is 0 Å². The Morgan fingerprint density at radius 3 is 2.57 bits per heavy atom. The van der Waals surface area contributed by atoms with Crippen molar-refractivity contribution < 1.29 is 19.4 Å². The lowest BCUT2D eigenvalue weighted by atomic mass is 10.1. The van der Waals surface area contributed by atoms with Crippen molar-refractivity contribution in [2.75, 3.05) is 12.4 Å². The fraction of sp³-hybridized carbons (Fsp3) is 0.136. The van der Waals surface area contributed by atoms with Crippen molar-refractivity contribution in [3.63, 3.8) is 0 Å². The molecule has 0 radical (unpaired) electrons. The summed E-state index contributed by atoms with van der Waals surface area (Å²) in [6, 6.07) is 16.0. The number of carbonyl (C=O) groups is 1. The van der Waals surface area contributed by atoms with Crippen LogP contribution < -0.4 is 14.8 Å². The summed E-state index contributed by atoms with van der Waals surface area (Å²) in [6.45, 7) is 0.827. The van der Waals surface area contributed by atoms with Crippen LogP contribution in [0.5, 0.6) is 11.5 Å². The van der Waals surface area contributed by atoms with Gasteiger partial charge < -0.3 is 19.9 Å². The zero-order chi connectivity index (χ0) is 21.7. The molecule has 30 heavy (non-hydrogen) atoms. The number of hydrogen-bond acceptors (Lipinski definition) is 4. The summed E-state index contributed by atoms with van der Waals surface area (Å²) in [5, 5.41) is 13.1. The fourth-order valence-corrected chi connectivity index (χ4v) is 3.88. The molecule has 0 bridgehead atoms. The van der Waals surface area contributed by atoms with Gasteiger partial charge in [0.25, 0.3) is 0 Å². The normalized spacial score (nSPS) is 10.5. The van der Waals surface area contributed by atoms with E-state index in [2.05, 4.69) is 21.2 Å². The van der Waals surface area contributed by atoms with Crippen molar-refractivity contribution in [2.45, 2.75) is 13.2 Å². The summed E-state index contributed by atoms with van der Waals surface area (Å²) in [6.07, 6.45) is 0. The van der Waals surface area contributed by atoms with Crippen molar-refractivity contribution in [1.82, 2.24) is 0 Å². The highest BCUT2D eigenvalue weighted by molar-refractivity contribution is 9.10. The number of anilines is 1. The van der Waals surface area contributed by atoms with Crippen molar-refractivity contribution in [3.05, 3.63) is 85.8 Å². The van der Waals surface area contributed by atoms with Crippen LogP contribution in [-0.2, 0) is 13.2 Å². The first-order valence-electron chi connectivity index (χ1n) is 8.87. The second-order valence-electron chi connectivity index (χ2n) is 6.38. The van der Waals surface area contributed by atoms with E-state index in [9.17, 15) is 4.79 Å². The summed E-state index contributed by atoms with van der Waals surface area (Å²) in [5.74, 6) is 0.117. The van der Waals surface area contributed by atoms with Gasteiger partial charge in [-0.1, -0.05) is 35.3 Å². The van der Waals surface area contributed by atoms with E-state index < -0.39 is 5.97 Å². The first-order chi connectivity index (χ1) is 14.4. The molecule has 0 atom stereocenters. The maximum absolute atomic E-state index is 11.1. The number of carboxylic acid groups (broad SMARTS) is 1. The van der Waals surface area contributed by atoms with E-state index in [0.29, 0.717) is 35.4 Å². The predicted octanol–water partition coefficient (Wildman–Crippen LogP) is 6.65. The molecule has 3 aromatic rings. The van der Waals surface area contributed by atoms with Crippen molar-refractivity contribution in [3.8, 4) is 11.5 Å². The minimum atomic E-state index is -1.06. The SMILES string of the molecule is COc1cc(CNc2ccc(C(=O)O)c(Cl)c2)cc(Br)c1OCc1cccc(Cl)c1. The third kappa shape index (κ3) is 5.59. The molecule has 8 heteroatoms. The minimum Gasteiger partial charge on any atom is -0.493 e. The van der Waals surface area contributed by atoms with Crippen LogP contribution in [0.25, 0.3) is 0 Å². The second kappa shape index (κ2) is 10.1. The predicted molar refractivity (Wildman–Crippen MR) is 122 cm³/mol. The number of aromatic carboxylic acids is 1. The molecule has 0 unspecified atom stereocenters. The maximum atomic E-state index is 11.1. The molecule has 2 N–H and O–H groups in total. The summed E-state index contributed by atoms with van der Waals surface area (Å²) in [4.78, 5) is 11.1. The second-order valence-corrected chi connectivity index (χ2v) is 8.08. The van der Waals surface area contributed by atoms with Gasteiger partial charge in [-0.3, -0.25) is 0 Å². The third-order valence-corrected chi connectivity index (χ3v) is 5.39. The number of benzene rings is 3. The lowest BCUT2D eigenvalue weighted by molar-refractivity contribution is 0.0697. The Labute approximate surface area is 192 Å². The van der Waals surface area contributed by atoms with Crippen LogP contribution in [0.15, 0.2) is 59.1 Å². The maximum Gasteiger partial charge on any atom is 0.337 e. The number of ether oxygens (including phenoxy) is 2. The van der Waals surface area contributed by atoms with E-state index in [0.717, 1.165) is 15.6 Å². The number of methoxy groups -OCH3 is 1. The molecule has 0 spiro atoms. The van der Waals surface area contributed by atoms with Crippen molar-refractivity contribution in [2.24, 2.45) is 0 Å². The van der Waals surface area contributed by atoms with Crippen LogP contribution in [-0.4, -0.2) is 18.2 Å². The summed E-state index contributed by atoms with van der Waals surface area (Å²) in [7, 11) is 1.58. The first-order valence-corrected chi connectivity index (χ1v) is 10.4. The number of hydrogen-bond donors (Lipinski definition) is 2. The van der Waals surface area contributed by atoms with Crippen molar-refractivity contribution in [1.29, 1.82) is 0 Å². The molecular formula is C22H18BrCl2NO4. The molecule has 0 aliphatic heterocycles. The van der Waals surface area contributed by atoms with Gasteiger partial charge in [0, 0.05) is 17.3 Å². The van der Waals surface area contributed by atoms with Gasteiger partial charge in [-0.05, 0) is 69.5 Å². The molecule has 156 valence electrons. The number of rotatable bonds is 8. The van der Waals surface area contributed by atoms with Crippen LogP contribution in [0.2, 0.25) is 10.0 Å². The van der Waals surface area contributed by atoms with Gasteiger partial charge in [0.05, 0.1) is 22.2 Å². The smallest absolute Gasteiger partial charge is 0.337 e. The van der Waals surface area contributed by atoms with E-state index >= 15 is 0 Å². The molecular weight excluding hydrogens is 493 g/mol. The Morgan fingerprint density at radius 1 is 1.10 bits per heavy atom. The molecule has 5 nitrogen and oxygen atoms in total. The van der Waals surface area contributed by atoms with Gasteiger partial charge in [-0.15, -0.1) is 0 Å². The topological polar surface area (TPSA) is 67.8 Å². The lowest BCUT2D eigenvalue weighted by Gasteiger charge is -2.15. The molecule has 3 rings (SSSR count). The van der Waals surface area contributed by atoms with E-state index in [1.54, 1.807) is 19.2 Å². The zero-order valence-corrected chi connectivity index (χ0v) is 19.0. The Hall–Kier alpha value is -2.41. The van der Waals surface area contributed by atoms with Gasteiger partial charge in [0.2, 0.25) is 0 Å². The Bertz CT molecular complexity index is 1070. The van der Waals surface area contributed by atoms with Crippen LogP contribution in [0.1, 0.15) is 21.5 Å². The Balaban J connectivity index is 1.72. The van der Waals surface area contributed by atoms with Gasteiger partial charge in [0.15, 0.2) is 11.5 Å². The average Bonchev–Trinajstić information content (AvgIpc) is 2.71. The standard InChI is InChI=1S/C22H18BrCl2NO4/c1-29-20-9-14(11-26-16-5-6-17(22(27)28)19(25)10-16)8-18(23)21(20)30-12-13-3-2-4-15(24)7-13/h2-10,26H,11-12H2,1H3,(H,27,28). The fourth-order valence-electron chi connectivity index (χ4n) is 2.80. The average molecular weight is 511 g/mol. The Kier molecular flexibility index (Phi) is 7.48. The molecule has 0 aliphatic carbocycles. The van der Waals surface area contributed by atoms with E-state index in [1.165, 1.54) is 6.07 Å². The molecule has 0 amide bonds. The van der Waals surface area contributed by atoms with Crippen LogP contribution >= 0.6 is 39.1 Å². The quantitative estimate of drug-likeness (QED) is 0.355. The molecule has 0 heterocycles. The minimum absolute atomic E-state index is 0.0628. The Morgan fingerprint density at radius 2 is 1.90 bits per heavy atom. The molecule has 0 aromatic heterocycles. The van der Waals surface area contributed by atoms with E-state index in [1.807, 2.05) is 36.4 Å². The highest BCUT2D eigenvalue weighted by atomic mass is 79.9. The largest absolute Gasteiger partial charge is 0.493 e. The van der Waals surface area contributed by atoms with Gasteiger partial charge in [-0.25, -0.2) is 4.79 Å². The van der Waals surface area contributed by atoms with Crippen LogP contribution in [0.4, 0.5) is 5.69 Å². The summed E-state index contributed by atoms with van der Waals surface area (Å²) < 4.78 is 12.2. The van der Waals surface area contributed by atoms with Crippen molar-refractivity contribution >= 4 is 50.8 Å². The highest BCUT2D eigenvalue weighted by Crippen LogP contribution is 2.37. The molecule has 0 saturated carbocycles. The molecule has 0 aliphatic rings. The number of carboxylic acids is 1. The van der Waals surface area contributed by atoms with E-state index in [-0.39, 0.29) is 10.6 Å². The molecule has 3 aromatic carbocycles. The molecule has 0 saturated heterocycles. The van der Waals surface area contributed by atoms with Crippen LogP contribution in [0.3, 0.4) is 0 Å². The highest BCUT2D eigenvalue weighted by Gasteiger charge is 2.13. The van der Waals surface area contributed by atoms with Gasteiger partial charge in [0.1, 0.15) is 6.61 Å². The van der Waals surface area contributed by atoms with Crippen LogP contribution in [0, 0.1) is 0 Å².